The first-order valence-corrected chi connectivity index (χ1v) is 5.91. The molecule has 0 saturated heterocycles. The molecule has 0 fully saturated rings. The van der Waals surface area contributed by atoms with Gasteiger partial charge in [0.1, 0.15) is 11.6 Å². The SMILES string of the molecule is COc1ccccc1Cc1ncc2ccccn12. The number of hydrogen-bond donors (Lipinski definition) is 0. The van der Waals surface area contributed by atoms with Crippen LogP contribution < -0.4 is 4.74 Å². The third-order valence-electron chi connectivity index (χ3n) is 3.06. The van der Waals surface area contributed by atoms with E-state index in [1.165, 1.54) is 0 Å². The van der Waals surface area contributed by atoms with Crippen molar-refractivity contribution < 1.29 is 4.74 Å². The largest absolute Gasteiger partial charge is 0.496 e. The summed E-state index contributed by atoms with van der Waals surface area (Å²) in [5.74, 6) is 1.93. The Hall–Kier alpha value is -2.29. The van der Waals surface area contributed by atoms with Gasteiger partial charge in [-0.1, -0.05) is 24.3 Å². The lowest BCUT2D eigenvalue weighted by molar-refractivity contribution is 0.410. The number of rotatable bonds is 3. The van der Waals surface area contributed by atoms with Gasteiger partial charge in [0.05, 0.1) is 18.8 Å². The van der Waals surface area contributed by atoms with Crippen molar-refractivity contribution in [3.05, 3.63) is 66.2 Å². The molecule has 0 amide bonds. The molecule has 0 atom stereocenters. The van der Waals surface area contributed by atoms with E-state index in [9.17, 15) is 0 Å². The first kappa shape index (κ1) is 10.8. The lowest BCUT2D eigenvalue weighted by atomic mass is 10.1. The molecular formula is C15H14N2O. The molecule has 0 aliphatic rings. The van der Waals surface area contributed by atoms with Crippen molar-refractivity contribution in [1.29, 1.82) is 0 Å². The molecule has 3 heteroatoms. The molecule has 0 spiro atoms. The Labute approximate surface area is 106 Å². The Morgan fingerprint density at radius 3 is 2.83 bits per heavy atom. The molecule has 3 aromatic rings. The van der Waals surface area contributed by atoms with Crippen molar-refractivity contribution in [2.75, 3.05) is 7.11 Å². The Morgan fingerprint density at radius 2 is 1.94 bits per heavy atom. The zero-order valence-electron chi connectivity index (χ0n) is 10.2. The molecule has 0 N–H and O–H groups in total. The highest BCUT2D eigenvalue weighted by molar-refractivity contribution is 5.46. The molecule has 0 unspecified atom stereocenters. The van der Waals surface area contributed by atoms with Crippen molar-refractivity contribution in [3.63, 3.8) is 0 Å². The van der Waals surface area contributed by atoms with Gasteiger partial charge in [0.2, 0.25) is 0 Å². The van der Waals surface area contributed by atoms with Crippen LogP contribution in [-0.4, -0.2) is 16.5 Å². The van der Waals surface area contributed by atoms with Crippen molar-refractivity contribution in [2.24, 2.45) is 0 Å². The van der Waals surface area contributed by atoms with Gasteiger partial charge in [-0.2, -0.15) is 0 Å². The normalized spacial score (nSPS) is 10.7. The first-order valence-electron chi connectivity index (χ1n) is 5.91. The van der Waals surface area contributed by atoms with E-state index in [1.807, 2.05) is 42.7 Å². The van der Waals surface area contributed by atoms with E-state index in [4.69, 9.17) is 4.74 Å². The summed E-state index contributed by atoms with van der Waals surface area (Å²) in [4.78, 5) is 4.47. The summed E-state index contributed by atoms with van der Waals surface area (Å²) in [6.07, 6.45) is 4.69. The predicted octanol–water partition coefficient (Wildman–Crippen LogP) is 2.93. The number of para-hydroxylation sites is 1. The first-order chi connectivity index (χ1) is 8.88. The summed E-state index contributed by atoms with van der Waals surface area (Å²) in [6, 6.07) is 14.1. The summed E-state index contributed by atoms with van der Waals surface area (Å²) < 4.78 is 7.47. The fraction of sp³-hybridized carbons (Fsp3) is 0.133. The highest BCUT2D eigenvalue weighted by Crippen LogP contribution is 2.20. The molecule has 1 aromatic carbocycles. The van der Waals surface area contributed by atoms with E-state index < -0.39 is 0 Å². The van der Waals surface area contributed by atoms with Crippen LogP contribution in [0.15, 0.2) is 54.9 Å². The Morgan fingerprint density at radius 1 is 1.11 bits per heavy atom. The second-order valence-electron chi connectivity index (χ2n) is 4.16. The summed E-state index contributed by atoms with van der Waals surface area (Å²) >= 11 is 0. The third kappa shape index (κ3) is 1.84. The molecule has 18 heavy (non-hydrogen) atoms. The number of hydrogen-bond acceptors (Lipinski definition) is 2. The number of aromatic nitrogens is 2. The minimum atomic E-state index is 0.766. The summed E-state index contributed by atoms with van der Waals surface area (Å²) in [5.41, 5.74) is 2.26. The van der Waals surface area contributed by atoms with Crippen LogP contribution in [0.4, 0.5) is 0 Å². The molecule has 0 saturated carbocycles. The Balaban J connectivity index is 2.01. The average Bonchev–Trinajstić information content (AvgIpc) is 2.83. The number of methoxy groups -OCH3 is 1. The molecule has 2 heterocycles. The number of ether oxygens (including phenoxy) is 1. The van der Waals surface area contributed by atoms with Gasteiger partial charge in [-0.15, -0.1) is 0 Å². The van der Waals surface area contributed by atoms with Gasteiger partial charge in [-0.25, -0.2) is 4.98 Å². The van der Waals surface area contributed by atoms with Crippen molar-refractivity contribution in [1.82, 2.24) is 9.38 Å². The molecule has 3 rings (SSSR count). The molecule has 3 nitrogen and oxygen atoms in total. The standard InChI is InChI=1S/C15H14N2O/c1-18-14-8-3-2-6-12(14)10-15-16-11-13-7-4-5-9-17(13)15/h2-9,11H,10H2,1H3. The molecule has 0 bridgehead atoms. The predicted molar refractivity (Wildman–Crippen MR) is 71.0 cm³/mol. The van der Waals surface area contributed by atoms with E-state index >= 15 is 0 Å². The smallest absolute Gasteiger partial charge is 0.122 e. The number of benzene rings is 1. The van der Waals surface area contributed by atoms with Crippen molar-refractivity contribution in [2.45, 2.75) is 6.42 Å². The topological polar surface area (TPSA) is 26.5 Å². The van der Waals surface area contributed by atoms with E-state index in [0.29, 0.717) is 0 Å². The third-order valence-corrected chi connectivity index (χ3v) is 3.06. The molecule has 2 aromatic heterocycles. The fourth-order valence-electron chi connectivity index (χ4n) is 2.15. The van der Waals surface area contributed by atoms with Crippen LogP contribution in [0.2, 0.25) is 0 Å². The quantitative estimate of drug-likeness (QED) is 0.701. The highest BCUT2D eigenvalue weighted by Gasteiger charge is 2.07. The van der Waals surface area contributed by atoms with Crippen LogP contribution >= 0.6 is 0 Å². The summed E-state index contributed by atoms with van der Waals surface area (Å²) in [7, 11) is 1.70. The van der Waals surface area contributed by atoms with Gasteiger partial charge in [-0.3, -0.25) is 0 Å². The zero-order valence-corrected chi connectivity index (χ0v) is 10.2. The average molecular weight is 238 g/mol. The van der Waals surface area contributed by atoms with E-state index in [1.54, 1.807) is 7.11 Å². The van der Waals surface area contributed by atoms with Crippen molar-refractivity contribution >= 4 is 5.52 Å². The maximum Gasteiger partial charge on any atom is 0.122 e. The van der Waals surface area contributed by atoms with Crippen LogP contribution in [0.25, 0.3) is 5.52 Å². The molecule has 0 aliphatic carbocycles. The van der Waals surface area contributed by atoms with Crippen molar-refractivity contribution in [3.8, 4) is 5.75 Å². The number of fused-ring (bicyclic) bond motifs is 1. The van der Waals surface area contributed by atoms with Crippen LogP contribution in [0.3, 0.4) is 0 Å². The second-order valence-corrected chi connectivity index (χ2v) is 4.16. The van der Waals surface area contributed by atoms with Crippen LogP contribution in [0.5, 0.6) is 5.75 Å². The second kappa shape index (κ2) is 4.53. The van der Waals surface area contributed by atoms with Gasteiger partial charge >= 0.3 is 0 Å². The minimum absolute atomic E-state index is 0.766. The van der Waals surface area contributed by atoms with Crippen LogP contribution in [0.1, 0.15) is 11.4 Å². The van der Waals surface area contributed by atoms with E-state index in [2.05, 4.69) is 21.5 Å². The lowest BCUT2D eigenvalue weighted by Crippen LogP contribution is -1.98. The van der Waals surface area contributed by atoms with Gasteiger partial charge in [0.15, 0.2) is 0 Å². The van der Waals surface area contributed by atoms with Crippen LogP contribution in [0, 0.1) is 0 Å². The van der Waals surface area contributed by atoms with Gasteiger partial charge in [0, 0.05) is 18.2 Å². The van der Waals surface area contributed by atoms with Gasteiger partial charge < -0.3 is 9.14 Å². The summed E-state index contributed by atoms with van der Waals surface area (Å²) in [6.45, 7) is 0. The van der Waals surface area contributed by atoms with E-state index in [-0.39, 0.29) is 0 Å². The molecule has 0 radical (unpaired) electrons. The Kier molecular flexibility index (Phi) is 2.73. The number of nitrogens with zero attached hydrogens (tertiary/aromatic N) is 2. The fourth-order valence-corrected chi connectivity index (χ4v) is 2.15. The van der Waals surface area contributed by atoms with Gasteiger partial charge in [-0.05, 0) is 18.2 Å². The Bertz CT molecular complexity index is 673. The van der Waals surface area contributed by atoms with E-state index in [0.717, 1.165) is 29.1 Å². The number of imidazole rings is 1. The summed E-state index contributed by atoms with van der Waals surface area (Å²) in [5, 5.41) is 0. The highest BCUT2D eigenvalue weighted by atomic mass is 16.5. The minimum Gasteiger partial charge on any atom is -0.496 e. The zero-order chi connectivity index (χ0) is 12.4. The maximum absolute atomic E-state index is 5.37. The van der Waals surface area contributed by atoms with Gasteiger partial charge in [0.25, 0.3) is 0 Å². The number of pyridine rings is 1. The molecule has 0 aliphatic heterocycles. The molecular weight excluding hydrogens is 224 g/mol. The van der Waals surface area contributed by atoms with Crippen LogP contribution in [-0.2, 0) is 6.42 Å². The lowest BCUT2D eigenvalue weighted by Gasteiger charge is -2.07. The monoisotopic (exact) mass is 238 g/mol. The maximum atomic E-state index is 5.37. The molecule has 90 valence electrons.